The minimum absolute atomic E-state index is 0.00480. The maximum Gasteiger partial charge on any atom is 0.230 e. The lowest BCUT2D eigenvalue weighted by Crippen LogP contribution is -2.43. The van der Waals surface area contributed by atoms with E-state index in [0.29, 0.717) is 5.75 Å². The van der Waals surface area contributed by atoms with Gasteiger partial charge in [0.05, 0.1) is 25.0 Å². The highest BCUT2D eigenvalue weighted by Crippen LogP contribution is 2.20. The summed E-state index contributed by atoms with van der Waals surface area (Å²) in [6.45, 7) is 8.31. The molecule has 0 radical (unpaired) electrons. The van der Waals surface area contributed by atoms with Gasteiger partial charge in [0.2, 0.25) is 5.91 Å². The van der Waals surface area contributed by atoms with Crippen molar-refractivity contribution < 1.29 is 9.53 Å². The van der Waals surface area contributed by atoms with Gasteiger partial charge in [-0.15, -0.1) is 11.8 Å². The van der Waals surface area contributed by atoms with E-state index in [2.05, 4.69) is 72.6 Å². The number of benzene rings is 2. The zero-order chi connectivity index (χ0) is 19.1. The van der Waals surface area contributed by atoms with Crippen molar-refractivity contribution in [2.45, 2.75) is 24.8 Å². The zero-order valence-electron chi connectivity index (χ0n) is 16.1. The van der Waals surface area contributed by atoms with Crippen LogP contribution in [-0.2, 0) is 9.53 Å². The fraction of sp³-hybridized carbons (Fsp3) is 0.409. The van der Waals surface area contributed by atoms with Crippen molar-refractivity contribution in [3.05, 3.63) is 65.2 Å². The second kappa shape index (κ2) is 9.93. The van der Waals surface area contributed by atoms with Gasteiger partial charge in [0.15, 0.2) is 0 Å². The second-order valence-electron chi connectivity index (χ2n) is 7.05. The minimum atomic E-state index is -0.00480. The SMILES string of the molecule is Cc1ccc(SCC(=O)N[C@H](CN2CCOCC2)c2ccc(C)cc2)cc1. The molecular formula is C22H28N2O2S. The Morgan fingerprint density at radius 1 is 1.04 bits per heavy atom. The fourth-order valence-corrected chi connectivity index (χ4v) is 3.80. The maximum absolute atomic E-state index is 12.6. The first-order chi connectivity index (χ1) is 13.1. The lowest BCUT2D eigenvalue weighted by atomic mass is 10.0. The first kappa shape index (κ1) is 19.9. The Kier molecular flexibility index (Phi) is 7.33. The molecule has 0 bridgehead atoms. The average molecular weight is 385 g/mol. The summed E-state index contributed by atoms with van der Waals surface area (Å²) in [6.07, 6.45) is 0. The summed E-state index contributed by atoms with van der Waals surface area (Å²) >= 11 is 1.58. The average Bonchev–Trinajstić information content (AvgIpc) is 2.68. The van der Waals surface area contributed by atoms with E-state index in [1.807, 2.05) is 0 Å². The number of rotatable bonds is 7. The molecule has 1 aliphatic heterocycles. The molecule has 1 atom stereocenters. The van der Waals surface area contributed by atoms with Crippen molar-refractivity contribution in [2.75, 3.05) is 38.6 Å². The zero-order valence-corrected chi connectivity index (χ0v) is 16.9. The highest BCUT2D eigenvalue weighted by atomic mass is 32.2. The number of morpholine rings is 1. The number of aryl methyl sites for hydroxylation is 2. The summed E-state index contributed by atoms with van der Waals surface area (Å²) in [6, 6.07) is 16.7. The Labute approximate surface area is 166 Å². The number of thioether (sulfide) groups is 1. The quantitative estimate of drug-likeness (QED) is 0.741. The van der Waals surface area contributed by atoms with E-state index in [9.17, 15) is 4.79 Å². The first-order valence-electron chi connectivity index (χ1n) is 9.45. The van der Waals surface area contributed by atoms with Crippen LogP contribution in [-0.4, -0.2) is 49.4 Å². The van der Waals surface area contributed by atoms with Gasteiger partial charge in [-0.25, -0.2) is 0 Å². The van der Waals surface area contributed by atoms with Crippen molar-refractivity contribution in [1.82, 2.24) is 10.2 Å². The number of nitrogens with one attached hydrogen (secondary N) is 1. The number of hydrogen-bond acceptors (Lipinski definition) is 4. The third-order valence-corrected chi connectivity index (χ3v) is 5.76. The lowest BCUT2D eigenvalue weighted by Gasteiger charge is -2.31. The van der Waals surface area contributed by atoms with Crippen LogP contribution >= 0.6 is 11.8 Å². The van der Waals surface area contributed by atoms with Gasteiger partial charge in [-0.2, -0.15) is 0 Å². The summed E-state index contributed by atoms with van der Waals surface area (Å²) in [5, 5.41) is 3.24. The number of amides is 1. The van der Waals surface area contributed by atoms with Crippen LogP contribution < -0.4 is 5.32 Å². The highest BCUT2D eigenvalue weighted by Gasteiger charge is 2.20. The molecule has 2 aromatic carbocycles. The van der Waals surface area contributed by atoms with Gasteiger partial charge in [-0.1, -0.05) is 47.5 Å². The monoisotopic (exact) mass is 384 g/mol. The third-order valence-electron chi connectivity index (χ3n) is 4.75. The topological polar surface area (TPSA) is 41.6 Å². The number of hydrogen-bond donors (Lipinski definition) is 1. The Balaban J connectivity index is 1.61. The normalized spacial score (nSPS) is 16.1. The summed E-state index contributed by atoms with van der Waals surface area (Å²) in [5.41, 5.74) is 3.61. The van der Waals surface area contributed by atoms with E-state index in [1.165, 1.54) is 11.1 Å². The Hall–Kier alpha value is -1.82. The number of ether oxygens (including phenoxy) is 1. The van der Waals surface area contributed by atoms with E-state index in [-0.39, 0.29) is 11.9 Å². The van der Waals surface area contributed by atoms with E-state index >= 15 is 0 Å². The maximum atomic E-state index is 12.6. The van der Waals surface area contributed by atoms with Crippen LogP contribution in [0.4, 0.5) is 0 Å². The molecule has 1 N–H and O–H groups in total. The van der Waals surface area contributed by atoms with Crippen molar-refractivity contribution in [3.8, 4) is 0 Å². The van der Waals surface area contributed by atoms with Crippen LogP contribution in [0.25, 0.3) is 0 Å². The highest BCUT2D eigenvalue weighted by molar-refractivity contribution is 8.00. The summed E-state index contributed by atoms with van der Waals surface area (Å²) in [7, 11) is 0. The van der Waals surface area contributed by atoms with Gasteiger partial charge in [0, 0.05) is 24.5 Å². The Morgan fingerprint density at radius 3 is 2.26 bits per heavy atom. The molecule has 1 fully saturated rings. The van der Waals surface area contributed by atoms with Crippen molar-refractivity contribution >= 4 is 17.7 Å². The molecular weight excluding hydrogens is 356 g/mol. The van der Waals surface area contributed by atoms with Gasteiger partial charge in [-0.05, 0) is 31.5 Å². The Morgan fingerprint density at radius 2 is 1.63 bits per heavy atom. The van der Waals surface area contributed by atoms with Crippen LogP contribution in [0, 0.1) is 13.8 Å². The van der Waals surface area contributed by atoms with Gasteiger partial charge in [0.25, 0.3) is 0 Å². The number of carbonyl (C=O) groups excluding carboxylic acids is 1. The molecule has 0 saturated carbocycles. The van der Waals surface area contributed by atoms with Crippen molar-refractivity contribution in [2.24, 2.45) is 0 Å². The van der Waals surface area contributed by atoms with Gasteiger partial charge in [-0.3, -0.25) is 9.69 Å². The summed E-state index contributed by atoms with van der Waals surface area (Å²) in [4.78, 5) is 16.1. The largest absolute Gasteiger partial charge is 0.379 e. The lowest BCUT2D eigenvalue weighted by molar-refractivity contribution is -0.119. The standard InChI is InChI=1S/C22H28N2O2S/c1-17-3-7-19(8-4-17)21(15-24-11-13-26-14-12-24)23-22(25)16-27-20-9-5-18(2)6-10-20/h3-10,21H,11-16H2,1-2H3,(H,23,25)/t21-/m1/s1. The summed E-state index contributed by atoms with van der Waals surface area (Å²) in [5.74, 6) is 0.494. The van der Waals surface area contributed by atoms with E-state index < -0.39 is 0 Å². The van der Waals surface area contributed by atoms with Crippen LogP contribution in [0.1, 0.15) is 22.7 Å². The predicted molar refractivity (Wildman–Crippen MR) is 111 cm³/mol. The predicted octanol–water partition coefficient (Wildman–Crippen LogP) is 3.59. The fourth-order valence-electron chi connectivity index (χ4n) is 3.09. The molecule has 4 nitrogen and oxygen atoms in total. The van der Waals surface area contributed by atoms with E-state index in [4.69, 9.17) is 4.74 Å². The molecule has 3 rings (SSSR count). The van der Waals surface area contributed by atoms with Crippen LogP contribution in [0.5, 0.6) is 0 Å². The number of carbonyl (C=O) groups is 1. The van der Waals surface area contributed by atoms with E-state index in [0.717, 1.165) is 43.3 Å². The molecule has 2 aromatic rings. The second-order valence-corrected chi connectivity index (χ2v) is 8.09. The van der Waals surface area contributed by atoms with Gasteiger partial charge in [0.1, 0.15) is 0 Å². The van der Waals surface area contributed by atoms with Gasteiger partial charge >= 0.3 is 0 Å². The molecule has 0 spiro atoms. The molecule has 1 amide bonds. The molecule has 144 valence electrons. The molecule has 27 heavy (non-hydrogen) atoms. The molecule has 0 unspecified atom stereocenters. The van der Waals surface area contributed by atoms with Gasteiger partial charge < -0.3 is 10.1 Å². The molecule has 1 saturated heterocycles. The van der Waals surface area contributed by atoms with Crippen LogP contribution in [0.15, 0.2) is 53.4 Å². The van der Waals surface area contributed by atoms with Crippen LogP contribution in [0.2, 0.25) is 0 Å². The smallest absolute Gasteiger partial charge is 0.230 e. The van der Waals surface area contributed by atoms with Crippen molar-refractivity contribution in [1.29, 1.82) is 0 Å². The van der Waals surface area contributed by atoms with Crippen molar-refractivity contribution in [3.63, 3.8) is 0 Å². The number of nitrogens with zero attached hydrogens (tertiary/aromatic N) is 1. The summed E-state index contributed by atoms with van der Waals surface area (Å²) < 4.78 is 5.45. The molecule has 1 heterocycles. The third kappa shape index (κ3) is 6.38. The minimum Gasteiger partial charge on any atom is -0.379 e. The molecule has 5 heteroatoms. The first-order valence-corrected chi connectivity index (χ1v) is 10.4. The molecule has 0 aliphatic carbocycles. The van der Waals surface area contributed by atoms with Crippen LogP contribution in [0.3, 0.4) is 0 Å². The molecule has 0 aromatic heterocycles. The van der Waals surface area contributed by atoms with E-state index in [1.54, 1.807) is 11.8 Å². The Bertz CT molecular complexity index is 725. The molecule has 1 aliphatic rings.